The maximum absolute atomic E-state index is 13.0. The number of benzene rings is 1. The Morgan fingerprint density at radius 1 is 1.17 bits per heavy atom. The van der Waals surface area contributed by atoms with Gasteiger partial charge in [-0.25, -0.2) is 13.2 Å². The third-order valence-corrected chi connectivity index (χ3v) is 6.97. The second-order valence-corrected chi connectivity index (χ2v) is 8.77. The molecule has 23 heavy (non-hydrogen) atoms. The van der Waals surface area contributed by atoms with Crippen LogP contribution in [-0.2, 0) is 9.84 Å². The first-order chi connectivity index (χ1) is 10.8. The maximum atomic E-state index is 13.0. The Hall–Kier alpha value is -1.56. The molecule has 1 fully saturated rings. The number of amides is 2. The van der Waals surface area contributed by atoms with E-state index in [1.165, 1.54) is 0 Å². The fraction of sp³-hybridized carbons (Fsp3) is 0.588. The molecule has 0 spiro atoms. The van der Waals surface area contributed by atoms with Crippen molar-refractivity contribution in [2.24, 2.45) is 0 Å². The second-order valence-electron chi connectivity index (χ2n) is 6.76. The average Bonchev–Trinajstić information content (AvgIpc) is 2.78. The number of carbonyl (C=O) groups excluding carboxylic acids is 1. The van der Waals surface area contributed by atoms with Crippen molar-refractivity contribution in [1.82, 2.24) is 9.80 Å². The summed E-state index contributed by atoms with van der Waals surface area (Å²) in [5, 5.41) is 0. The van der Waals surface area contributed by atoms with Gasteiger partial charge in [-0.3, -0.25) is 0 Å². The Balaban J connectivity index is 1.89. The largest absolute Gasteiger partial charge is 0.320 e. The summed E-state index contributed by atoms with van der Waals surface area (Å²) in [4.78, 5) is 16.9. The maximum Gasteiger partial charge on any atom is 0.320 e. The van der Waals surface area contributed by atoms with Crippen molar-refractivity contribution in [1.29, 1.82) is 0 Å². The van der Waals surface area contributed by atoms with Crippen LogP contribution in [-0.4, -0.2) is 49.1 Å². The summed E-state index contributed by atoms with van der Waals surface area (Å²) >= 11 is 0. The fourth-order valence-electron chi connectivity index (χ4n) is 3.86. The molecule has 3 rings (SSSR count). The fourth-order valence-corrected chi connectivity index (χ4v) is 5.71. The topological polar surface area (TPSA) is 57.7 Å². The molecule has 0 saturated carbocycles. The van der Waals surface area contributed by atoms with Crippen molar-refractivity contribution in [3.05, 3.63) is 29.8 Å². The van der Waals surface area contributed by atoms with Crippen molar-refractivity contribution in [3.8, 4) is 0 Å². The lowest BCUT2D eigenvalue weighted by Gasteiger charge is -2.42. The summed E-state index contributed by atoms with van der Waals surface area (Å²) in [6.45, 7) is 4.14. The molecule has 2 aliphatic rings. The van der Waals surface area contributed by atoms with Crippen LogP contribution in [0.3, 0.4) is 0 Å². The second kappa shape index (κ2) is 5.82. The van der Waals surface area contributed by atoms with E-state index in [0.29, 0.717) is 4.90 Å². The van der Waals surface area contributed by atoms with Crippen molar-refractivity contribution in [2.75, 3.05) is 12.8 Å². The summed E-state index contributed by atoms with van der Waals surface area (Å²) < 4.78 is 24.7. The highest BCUT2D eigenvalue weighted by Gasteiger charge is 2.41. The molecule has 1 saturated heterocycles. The molecule has 3 atom stereocenters. The molecule has 1 aromatic carbocycles. The van der Waals surface area contributed by atoms with E-state index >= 15 is 0 Å². The van der Waals surface area contributed by atoms with E-state index in [-0.39, 0.29) is 23.9 Å². The molecule has 1 aromatic rings. The highest BCUT2D eigenvalue weighted by atomic mass is 32.2. The monoisotopic (exact) mass is 336 g/mol. The third-order valence-electron chi connectivity index (χ3n) is 5.17. The zero-order valence-corrected chi connectivity index (χ0v) is 14.7. The smallest absolute Gasteiger partial charge is 0.320 e. The molecule has 0 unspecified atom stereocenters. The lowest BCUT2D eigenvalue weighted by Crippen LogP contribution is -2.53. The standard InChI is InChI=1S/C17H24N2O3S/c1-12-7-6-8-13(2)19(12)17(20)18(3)15-11-23(21,22)16-10-5-4-9-14(15)16/h4-5,9-10,12-13,15H,6-8,11H2,1-3H3/t12-,13-,15+/m1/s1. The number of sulfone groups is 1. The summed E-state index contributed by atoms with van der Waals surface area (Å²) in [5.74, 6) is -0.0226. The third kappa shape index (κ3) is 2.73. The van der Waals surface area contributed by atoms with E-state index in [2.05, 4.69) is 13.8 Å². The minimum atomic E-state index is -3.30. The van der Waals surface area contributed by atoms with E-state index in [9.17, 15) is 13.2 Å². The molecule has 2 aliphatic heterocycles. The number of urea groups is 1. The minimum absolute atomic E-state index is 0.0226. The molecule has 2 heterocycles. The SMILES string of the molecule is C[C@@H]1CCC[C@@H](C)N1C(=O)N(C)[C@H]1CS(=O)(=O)c2ccccc21. The number of carbonyl (C=O) groups is 1. The van der Waals surface area contributed by atoms with Crippen molar-refractivity contribution in [2.45, 2.75) is 56.1 Å². The number of rotatable bonds is 1. The zero-order valence-electron chi connectivity index (χ0n) is 13.9. The van der Waals surface area contributed by atoms with E-state index in [1.807, 2.05) is 17.0 Å². The Bertz CT molecular complexity index is 706. The summed E-state index contributed by atoms with van der Waals surface area (Å²) in [6.07, 6.45) is 3.14. The molecule has 2 amide bonds. The predicted molar refractivity (Wildman–Crippen MR) is 89.0 cm³/mol. The first kappa shape index (κ1) is 16.3. The van der Waals surface area contributed by atoms with Crippen LogP contribution >= 0.6 is 0 Å². The van der Waals surface area contributed by atoms with Crippen LogP contribution in [0.25, 0.3) is 0 Å². The quantitative estimate of drug-likeness (QED) is 0.792. The normalized spacial score (nSPS) is 29.2. The minimum Gasteiger partial charge on any atom is -0.320 e. The van der Waals surface area contributed by atoms with Crippen molar-refractivity contribution < 1.29 is 13.2 Å². The van der Waals surface area contributed by atoms with Gasteiger partial charge >= 0.3 is 6.03 Å². The van der Waals surface area contributed by atoms with E-state index < -0.39 is 15.9 Å². The summed E-state index contributed by atoms with van der Waals surface area (Å²) in [6, 6.07) is 6.94. The predicted octanol–water partition coefficient (Wildman–Crippen LogP) is 2.83. The van der Waals surface area contributed by atoms with Gasteiger partial charge in [0.2, 0.25) is 0 Å². The number of hydrogen-bond acceptors (Lipinski definition) is 3. The Labute approximate surface area is 138 Å². The van der Waals surface area contributed by atoms with Gasteiger partial charge in [-0.2, -0.15) is 0 Å². The van der Waals surface area contributed by atoms with E-state index in [1.54, 1.807) is 24.1 Å². The average molecular weight is 336 g/mol. The Morgan fingerprint density at radius 2 is 1.78 bits per heavy atom. The highest BCUT2D eigenvalue weighted by Crippen LogP contribution is 2.37. The molecule has 0 N–H and O–H groups in total. The molecule has 0 radical (unpaired) electrons. The molecule has 5 nitrogen and oxygen atoms in total. The van der Waals surface area contributed by atoms with Crippen LogP contribution in [0.2, 0.25) is 0 Å². The van der Waals surface area contributed by atoms with Gasteiger partial charge in [0.25, 0.3) is 0 Å². The van der Waals surface area contributed by atoms with Gasteiger partial charge < -0.3 is 9.80 Å². The Morgan fingerprint density at radius 3 is 2.43 bits per heavy atom. The number of likely N-dealkylation sites (tertiary alicyclic amines) is 1. The van der Waals surface area contributed by atoms with Crippen LogP contribution in [0.5, 0.6) is 0 Å². The van der Waals surface area contributed by atoms with Crippen molar-refractivity contribution in [3.63, 3.8) is 0 Å². The van der Waals surface area contributed by atoms with E-state index in [0.717, 1.165) is 24.8 Å². The number of nitrogens with zero attached hydrogens (tertiary/aromatic N) is 2. The van der Waals surface area contributed by atoms with E-state index in [4.69, 9.17) is 0 Å². The lowest BCUT2D eigenvalue weighted by atomic mass is 9.98. The van der Waals surface area contributed by atoms with Crippen molar-refractivity contribution >= 4 is 15.9 Å². The van der Waals surface area contributed by atoms with Gasteiger partial charge in [0.05, 0.1) is 16.7 Å². The number of piperidine rings is 1. The van der Waals surface area contributed by atoms with Gasteiger partial charge in [-0.15, -0.1) is 0 Å². The zero-order chi connectivity index (χ0) is 16.8. The summed E-state index contributed by atoms with van der Waals surface area (Å²) in [5.41, 5.74) is 0.737. The highest BCUT2D eigenvalue weighted by molar-refractivity contribution is 7.91. The van der Waals surface area contributed by atoms with Crippen LogP contribution in [0.4, 0.5) is 4.79 Å². The first-order valence-corrected chi connectivity index (χ1v) is 9.85. The van der Waals surface area contributed by atoms with Gasteiger partial charge in [0.1, 0.15) is 0 Å². The van der Waals surface area contributed by atoms with Crippen LogP contribution in [0.1, 0.15) is 44.7 Å². The number of fused-ring (bicyclic) bond motifs is 1. The van der Waals surface area contributed by atoms with Gasteiger partial charge in [0.15, 0.2) is 9.84 Å². The first-order valence-electron chi connectivity index (χ1n) is 8.19. The number of hydrogen-bond donors (Lipinski definition) is 0. The molecule has 126 valence electrons. The summed E-state index contributed by atoms with van der Waals surface area (Å²) in [7, 11) is -1.58. The van der Waals surface area contributed by atoms with Crippen LogP contribution in [0, 0.1) is 0 Å². The van der Waals surface area contributed by atoms with Crippen LogP contribution < -0.4 is 0 Å². The molecule has 0 bridgehead atoms. The molecular formula is C17H24N2O3S. The van der Waals surface area contributed by atoms with Gasteiger partial charge in [-0.1, -0.05) is 18.2 Å². The molecule has 0 aliphatic carbocycles. The molecule has 6 heteroatoms. The molecule has 0 aromatic heterocycles. The van der Waals surface area contributed by atoms with Crippen LogP contribution in [0.15, 0.2) is 29.2 Å². The van der Waals surface area contributed by atoms with Gasteiger partial charge in [0, 0.05) is 19.1 Å². The Kier molecular flexibility index (Phi) is 4.12. The lowest BCUT2D eigenvalue weighted by molar-refractivity contribution is 0.0906. The van der Waals surface area contributed by atoms with Gasteiger partial charge in [-0.05, 0) is 44.7 Å². The molecular weight excluding hydrogens is 312 g/mol.